The predicted octanol–water partition coefficient (Wildman–Crippen LogP) is 2.19. The zero-order valence-electron chi connectivity index (χ0n) is 8.77. The first-order chi connectivity index (χ1) is 5.27. The van der Waals surface area contributed by atoms with Crippen LogP contribution in [0.15, 0.2) is 0 Å². The molecule has 12 heavy (non-hydrogen) atoms. The number of amides is 1. The monoisotopic (exact) mass is 169 g/mol. The zero-order chi connectivity index (χ0) is 9.57. The lowest BCUT2D eigenvalue weighted by Crippen LogP contribution is -2.50. The minimum atomic E-state index is 0.0509. The fourth-order valence-electron chi connectivity index (χ4n) is 2.51. The Labute approximate surface area is 74.9 Å². The van der Waals surface area contributed by atoms with Gasteiger partial charge in [-0.3, -0.25) is 4.79 Å². The number of hydrogen-bond donors (Lipinski definition) is 0. The standard InChI is InChI=1S/C10H19NO/c1-8(12)11-9(2,3)6-7-10(11,4)5/h6-7H2,1-5H3. The summed E-state index contributed by atoms with van der Waals surface area (Å²) in [6.45, 7) is 10.2. The van der Waals surface area contributed by atoms with Gasteiger partial charge in [0.2, 0.25) is 5.91 Å². The number of carbonyl (C=O) groups excluding carboxylic acids is 1. The van der Waals surface area contributed by atoms with Gasteiger partial charge in [0, 0.05) is 18.0 Å². The first kappa shape index (κ1) is 9.56. The second-order valence-electron chi connectivity index (χ2n) is 4.98. The summed E-state index contributed by atoms with van der Waals surface area (Å²) in [6, 6.07) is 0. The smallest absolute Gasteiger partial charge is 0.220 e. The molecule has 0 unspecified atom stereocenters. The van der Waals surface area contributed by atoms with Gasteiger partial charge in [-0.2, -0.15) is 0 Å². The van der Waals surface area contributed by atoms with E-state index >= 15 is 0 Å². The SMILES string of the molecule is CC(=O)N1C(C)(C)CCC1(C)C. The second-order valence-corrected chi connectivity index (χ2v) is 4.98. The lowest BCUT2D eigenvalue weighted by Gasteiger charge is -2.39. The molecule has 1 aliphatic heterocycles. The Morgan fingerprint density at radius 3 is 1.58 bits per heavy atom. The van der Waals surface area contributed by atoms with Gasteiger partial charge in [0.05, 0.1) is 0 Å². The normalized spacial score (nSPS) is 25.9. The predicted molar refractivity (Wildman–Crippen MR) is 49.9 cm³/mol. The average molecular weight is 169 g/mol. The Balaban J connectivity index is 2.96. The summed E-state index contributed by atoms with van der Waals surface area (Å²) in [5, 5.41) is 0. The number of hydrogen-bond acceptors (Lipinski definition) is 1. The van der Waals surface area contributed by atoms with Gasteiger partial charge >= 0.3 is 0 Å². The molecule has 1 rings (SSSR count). The van der Waals surface area contributed by atoms with E-state index < -0.39 is 0 Å². The summed E-state index contributed by atoms with van der Waals surface area (Å²) < 4.78 is 0. The molecule has 1 amide bonds. The maximum absolute atomic E-state index is 11.4. The quantitative estimate of drug-likeness (QED) is 0.544. The first-order valence-electron chi connectivity index (χ1n) is 4.58. The van der Waals surface area contributed by atoms with Gasteiger partial charge in [-0.1, -0.05) is 0 Å². The van der Waals surface area contributed by atoms with Crippen LogP contribution < -0.4 is 0 Å². The minimum absolute atomic E-state index is 0.0509. The van der Waals surface area contributed by atoms with Crippen molar-refractivity contribution >= 4 is 5.91 Å². The van der Waals surface area contributed by atoms with Crippen LogP contribution in [0.5, 0.6) is 0 Å². The molecule has 1 heterocycles. The van der Waals surface area contributed by atoms with Crippen molar-refractivity contribution in [3.05, 3.63) is 0 Å². The summed E-state index contributed by atoms with van der Waals surface area (Å²) in [5.41, 5.74) is 0.102. The Bertz CT molecular complexity index is 190. The fourth-order valence-corrected chi connectivity index (χ4v) is 2.51. The summed E-state index contributed by atoms with van der Waals surface area (Å²) in [4.78, 5) is 13.4. The van der Waals surface area contributed by atoms with Crippen molar-refractivity contribution in [1.82, 2.24) is 4.90 Å². The highest BCUT2D eigenvalue weighted by Gasteiger charge is 2.45. The van der Waals surface area contributed by atoms with Crippen molar-refractivity contribution in [3.63, 3.8) is 0 Å². The van der Waals surface area contributed by atoms with Crippen LogP contribution in [0.25, 0.3) is 0 Å². The molecule has 0 saturated carbocycles. The molecule has 0 bridgehead atoms. The molecular formula is C10H19NO. The molecule has 0 aliphatic carbocycles. The van der Waals surface area contributed by atoms with Crippen molar-refractivity contribution in [2.24, 2.45) is 0 Å². The maximum atomic E-state index is 11.4. The summed E-state index contributed by atoms with van der Waals surface area (Å²) >= 11 is 0. The molecule has 0 aromatic carbocycles. The lowest BCUT2D eigenvalue weighted by molar-refractivity contribution is -0.137. The van der Waals surface area contributed by atoms with Gasteiger partial charge in [-0.25, -0.2) is 0 Å². The van der Waals surface area contributed by atoms with Gasteiger partial charge in [-0.15, -0.1) is 0 Å². The molecule has 0 aromatic heterocycles. The third-order valence-electron chi connectivity index (χ3n) is 2.87. The minimum Gasteiger partial charge on any atom is -0.333 e. The van der Waals surface area contributed by atoms with Gasteiger partial charge in [-0.05, 0) is 40.5 Å². The van der Waals surface area contributed by atoms with E-state index in [1.54, 1.807) is 6.92 Å². The van der Waals surface area contributed by atoms with Crippen LogP contribution in [0.2, 0.25) is 0 Å². The number of nitrogens with zero attached hydrogens (tertiary/aromatic N) is 1. The van der Waals surface area contributed by atoms with Crippen molar-refractivity contribution < 1.29 is 4.79 Å². The molecule has 0 aromatic rings. The zero-order valence-corrected chi connectivity index (χ0v) is 8.77. The van der Waals surface area contributed by atoms with E-state index in [0.717, 1.165) is 12.8 Å². The van der Waals surface area contributed by atoms with Crippen LogP contribution >= 0.6 is 0 Å². The average Bonchev–Trinajstić information content (AvgIpc) is 2.01. The third kappa shape index (κ3) is 1.35. The molecule has 0 atom stereocenters. The lowest BCUT2D eigenvalue weighted by atomic mass is 10.0. The highest BCUT2D eigenvalue weighted by atomic mass is 16.2. The van der Waals surface area contributed by atoms with Crippen molar-refractivity contribution in [1.29, 1.82) is 0 Å². The first-order valence-corrected chi connectivity index (χ1v) is 4.58. The second kappa shape index (κ2) is 2.48. The van der Waals surface area contributed by atoms with Crippen molar-refractivity contribution in [2.45, 2.75) is 58.5 Å². The number of likely N-dealkylation sites (tertiary alicyclic amines) is 1. The summed E-state index contributed by atoms with van der Waals surface area (Å²) in [5.74, 6) is 0.197. The Hall–Kier alpha value is -0.530. The number of carbonyl (C=O) groups is 1. The van der Waals surface area contributed by atoms with E-state index in [9.17, 15) is 4.79 Å². The van der Waals surface area contributed by atoms with E-state index in [0.29, 0.717) is 0 Å². The van der Waals surface area contributed by atoms with Crippen LogP contribution in [0.1, 0.15) is 47.5 Å². The van der Waals surface area contributed by atoms with E-state index in [4.69, 9.17) is 0 Å². The molecule has 1 saturated heterocycles. The van der Waals surface area contributed by atoms with Crippen molar-refractivity contribution in [2.75, 3.05) is 0 Å². The van der Waals surface area contributed by atoms with E-state index in [-0.39, 0.29) is 17.0 Å². The molecule has 2 nitrogen and oxygen atoms in total. The molecule has 1 aliphatic rings. The van der Waals surface area contributed by atoms with E-state index in [2.05, 4.69) is 27.7 Å². The highest BCUT2D eigenvalue weighted by molar-refractivity contribution is 5.75. The molecule has 70 valence electrons. The molecule has 1 fully saturated rings. The summed E-state index contributed by atoms with van der Waals surface area (Å²) in [6.07, 6.45) is 2.22. The van der Waals surface area contributed by atoms with Crippen LogP contribution in [0.4, 0.5) is 0 Å². The third-order valence-corrected chi connectivity index (χ3v) is 2.87. The largest absolute Gasteiger partial charge is 0.333 e. The molecule has 0 N–H and O–H groups in total. The van der Waals surface area contributed by atoms with Crippen LogP contribution in [-0.4, -0.2) is 21.9 Å². The summed E-state index contributed by atoms with van der Waals surface area (Å²) in [7, 11) is 0. The van der Waals surface area contributed by atoms with Crippen LogP contribution in [-0.2, 0) is 4.79 Å². The van der Waals surface area contributed by atoms with Crippen LogP contribution in [0.3, 0.4) is 0 Å². The molecule has 0 spiro atoms. The maximum Gasteiger partial charge on any atom is 0.220 e. The van der Waals surface area contributed by atoms with Gasteiger partial charge < -0.3 is 4.90 Å². The molecule has 0 radical (unpaired) electrons. The molecular weight excluding hydrogens is 150 g/mol. The van der Waals surface area contributed by atoms with Gasteiger partial charge in [0.15, 0.2) is 0 Å². The number of rotatable bonds is 0. The van der Waals surface area contributed by atoms with E-state index in [1.807, 2.05) is 4.90 Å². The van der Waals surface area contributed by atoms with E-state index in [1.165, 1.54) is 0 Å². The Morgan fingerprint density at radius 2 is 1.42 bits per heavy atom. The van der Waals surface area contributed by atoms with Gasteiger partial charge in [0.1, 0.15) is 0 Å². The van der Waals surface area contributed by atoms with Crippen molar-refractivity contribution in [3.8, 4) is 0 Å². The Kier molecular flexibility index (Phi) is 1.97. The highest BCUT2D eigenvalue weighted by Crippen LogP contribution is 2.40. The van der Waals surface area contributed by atoms with Gasteiger partial charge in [0.25, 0.3) is 0 Å². The topological polar surface area (TPSA) is 20.3 Å². The van der Waals surface area contributed by atoms with Crippen LogP contribution in [0, 0.1) is 0 Å². The Morgan fingerprint density at radius 1 is 1.08 bits per heavy atom. The fraction of sp³-hybridized carbons (Fsp3) is 0.900. The molecule has 2 heteroatoms.